The molecule has 2 heterocycles. The molecule has 7 heteroatoms. The number of aryl methyl sites for hydroxylation is 1. The number of rotatable bonds is 4. The number of nitrogens with zero attached hydrogens (tertiary/aromatic N) is 3. The van der Waals surface area contributed by atoms with Gasteiger partial charge in [-0.1, -0.05) is 20.8 Å². The average Bonchev–Trinajstić information content (AvgIpc) is 2.78. The highest BCUT2D eigenvalue weighted by atomic mass is 35.5. The lowest BCUT2D eigenvalue weighted by Gasteiger charge is -2.31. The summed E-state index contributed by atoms with van der Waals surface area (Å²) in [5, 5.41) is 4.37. The molecular weight excluding hydrogens is 304 g/mol. The number of esters is 1. The molecular formula is C15H21ClN4O2. The van der Waals surface area contributed by atoms with Crippen LogP contribution in [-0.4, -0.2) is 33.7 Å². The van der Waals surface area contributed by atoms with E-state index in [0.29, 0.717) is 5.82 Å². The Balaban J connectivity index is 2.39. The molecule has 22 heavy (non-hydrogen) atoms. The lowest BCUT2D eigenvalue weighted by molar-refractivity contribution is -0.141. The van der Waals surface area contributed by atoms with Crippen LogP contribution in [0.2, 0.25) is 5.28 Å². The van der Waals surface area contributed by atoms with E-state index in [9.17, 15) is 4.79 Å². The minimum absolute atomic E-state index is 0.144. The van der Waals surface area contributed by atoms with Crippen molar-refractivity contribution < 1.29 is 9.53 Å². The van der Waals surface area contributed by atoms with Gasteiger partial charge in [0.2, 0.25) is 5.28 Å². The van der Waals surface area contributed by atoms with Gasteiger partial charge in [-0.15, -0.1) is 0 Å². The van der Waals surface area contributed by atoms with Gasteiger partial charge >= 0.3 is 5.97 Å². The lowest BCUT2D eigenvalue weighted by atomic mass is 9.84. The summed E-state index contributed by atoms with van der Waals surface area (Å²) >= 11 is 6.02. The number of aromatic nitrogens is 3. The van der Waals surface area contributed by atoms with Gasteiger partial charge in [0.25, 0.3) is 0 Å². The zero-order valence-electron chi connectivity index (χ0n) is 13.5. The zero-order valence-corrected chi connectivity index (χ0v) is 14.2. The molecule has 0 aliphatic rings. The average molecular weight is 325 g/mol. The summed E-state index contributed by atoms with van der Waals surface area (Å²) < 4.78 is 6.66. The minimum atomic E-state index is -0.267. The van der Waals surface area contributed by atoms with Crippen molar-refractivity contribution in [2.24, 2.45) is 12.5 Å². The largest absolute Gasteiger partial charge is 0.469 e. The summed E-state index contributed by atoms with van der Waals surface area (Å²) in [6.07, 6.45) is 2.14. The third-order valence-electron chi connectivity index (χ3n) is 3.65. The predicted molar refractivity (Wildman–Crippen MR) is 87.0 cm³/mol. The highest BCUT2D eigenvalue weighted by Crippen LogP contribution is 2.29. The molecule has 0 saturated carbocycles. The Hall–Kier alpha value is -1.82. The van der Waals surface area contributed by atoms with Gasteiger partial charge in [0.15, 0.2) is 0 Å². The molecule has 0 aliphatic heterocycles. The van der Waals surface area contributed by atoms with E-state index in [4.69, 9.17) is 16.3 Å². The van der Waals surface area contributed by atoms with Crippen LogP contribution >= 0.6 is 11.6 Å². The third kappa shape index (κ3) is 3.50. The van der Waals surface area contributed by atoms with Gasteiger partial charge in [0.1, 0.15) is 11.5 Å². The van der Waals surface area contributed by atoms with Crippen molar-refractivity contribution in [3.63, 3.8) is 0 Å². The van der Waals surface area contributed by atoms with Crippen LogP contribution in [0.15, 0.2) is 12.3 Å². The van der Waals surface area contributed by atoms with E-state index in [2.05, 4.69) is 36.1 Å². The Morgan fingerprint density at radius 1 is 1.45 bits per heavy atom. The zero-order chi connectivity index (χ0) is 16.5. The van der Waals surface area contributed by atoms with Gasteiger partial charge in [-0.3, -0.25) is 4.79 Å². The number of anilines is 1. The van der Waals surface area contributed by atoms with Gasteiger partial charge < -0.3 is 14.6 Å². The Morgan fingerprint density at radius 2 is 2.14 bits per heavy atom. The summed E-state index contributed by atoms with van der Waals surface area (Å²) in [5.74, 6) is 0.358. The van der Waals surface area contributed by atoms with E-state index in [1.807, 2.05) is 23.9 Å². The maximum absolute atomic E-state index is 11.7. The van der Waals surface area contributed by atoms with Crippen LogP contribution in [0.25, 0.3) is 11.0 Å². The van der Waals surface area contributed by atoms with E-state index < -0.39 is 0 Å². The molecule has 0 aliphatic carbocycles. The lowest BCUT2D eigenvalue weighted by Crippen LogP contribution is -2.36. The Morgan fingerprint density at radius 3 is 2.73 bits per heavy atom. The first-order valence-corrected chi connectivity index (χ1v) is 7.42. The molecule has 6 nitrogen and oxygen atoms in total. The summed E-state index contributed by atoms with van der Waals surface area (Å²) in [4.78, 5) is 20.2. The highest BCUT2D eigenvalue weighted by Gasteiger charge is 2.28. The van der Waals surface area contributed by atoms with Gasteiger partial charge in [0.05, 0.1) is 18.9 Å². The summed E-state index contributed by atoms with van der Waals surface area (Å²) in [6.45, 7) is 6.16. The van der Waals surface area contributed by atoms with Crippen LogP contribution in [0.1, 0.15) is 27.2 Å². The van der Waals surface area contributed by atoms with E-state index in [0.717, 1.165) is 11.0 Å². The number of ether oxygens (including phenoxy) is 1. The molecule has 0 fully saturated rings. The molecule has 0 amide bonds. The SMILES string of the molecule is COC(=O)C[C@@H](Nc1nc(Cl)nc2c1ccn2C)C(C)(C)C. The normalized spacial score (nSPS) is 13.2. The Bertz CT molecular complexity index is 691. The third-order valence-corrected chi connectivity index (χ3v) is 3.82. The van der Waals surface area contributed by atoms with E-state index in [-0.39, 0.29) is 29.1 Å². The van der Waals surface area contributed by atoms with Crippen molar-refractivity contribution in [3.8, 4) is 0 Å². The molecule has 0 saturated heterocycles. The van der Waals surface area contributed by atoms with Crippen LogP contribution in [0.3, 0.4) is 0 Å². The van der Waals surface area contributed by atoms with Gasteiger partial charge in [-0.05, 0) is 23.1 Å². The fourth-order valence-electron chi connectivity index (χ4n) is 2.21. The summed E-state index contributed by atoms with van der Waals surface area (Å²) in [7, 11) is 3.28. The molecule has 120 valence electrons. The van der Waals surface area contributed by atoms with E-state index >= 15 is 0 Å². The number of hydrogen-bond donors (Lipinski definition) is 1. The van der Waals surface area contributed by atoms with Gasteiger partial charge in [-0.2, -0.15) is 4.98 Å². The van der Waals surface area contributed by atoms with Crippen LogP contribution in [0, 0.1) is 5.41 Å². The molecule has 0 spiro atoms. The van der Waals surface area contributed by atoms with Crippen molar-refractivity contribution in [1.29, 1.82) is 0 Å². The topological polar surface area (TPSA) is 69.0 Å². The number of hydrogen-bond acceptors (Lipinski definition) is 5. The highest BCUT2D eigenvalue weighted by molar-refractivity contribution is 6.28. The molecule has 0 unspecified atom stereocenters. The quantitative estimate of drug-likeness (QED) is 0.691. The molecule has 2 aromatic rings. The maximum atomic E-state index is 11.7. The minimum Gasteiger partial charge on any atom is -0.469 e. The fraction of sp³-hybridized carbons (Fsp3) is 0.533. The summed E-state index contributed by atoms with van der Waals surface area (Å²) in [6, 6.07) is 1.78. The second-order valence-electron chi connectivity index (χ2n) is 6.35. The standard InChI is InChI=1S/C15H21ClN4O2/c1-15(2,3)10(8-11(21)22-5)17-12-9-6-7-20(4)13(9)19-14(16)18-12/h6-7,10H,8H2,1-5H3,(H,17,18,19)/t10-/m1/s1. The summed E-state index contributed by atoms with van der Waals surface area (Å²) in [5.41, 5.74) is 0.584. The fourth-order valence-corrected chi connectivity index (χ4v) is 2.37. The van der Waals surface area contributed by atoms with Gasteiger partial charge in [0, 0.05) is 19.3 Å². The molecule has 1 atom stereocenters. The Kier molecular flexibility index (Phi) is 4.60. The van der Waals surface area contributed by atoms with Crippen molar-refractivity contribution >= 4 is 34.4 Å². The smallest absolute Gasteiger partial charge is 0.307 e. The molecule has 0 radical (unpaired) electrons. The van der Waals surface area contributed by atoms with Crippen molar-refractivity contribution in [1.82, 2.24) is 14.5 Å². The Labute approximate surface area is 134 Å². The van der Waals surface area contributed by atoms with Gasteiger partial charge in [-0.25, -0.2) is 4.98 Å². The number of methoxy groups -OCH3 is 1. The van der Waals surface area contributed by atoms with Crippen LogP contribution in [-0.2, 0) is 16.6 Å². The monoisotopic (exact) mass is 324 g/mol. The van der Waals surface area contributed by atoms with Crippen molar-refractivity contribution in [3.05, 3.63) is 17.5 Å². The van der Waals surface area contributed by atoms with Crippen molar-refractivity contribution in [2.45, 2.75) is 33.2 Å². The second kappa shape index (κ2) is 6.12. The number of halogens is 1. The first kappa shape index (κ1) is 16.5. The van der Waals surface area contributed by atoms with Crippen LogP contribution in [0.5, 0.6) is 0 Å². The van der Waals surface area contributed by atoms with E-state index in [1.165, 1.54) is 7.11 Å². The number of fused-ring (bicyclic) bond motifs is 1. The molecule has 0 bridgehead atoms. The predicted octanol–water partition coefficient (Wildman–Crippen LogP) is 3.01. The van der Waals surface area contributed by atoms with Crippen LogP contribution < -0.4 is 5.32 Å². The number of carbonyl (C=O) groups is 1. The van der Waals surface area contributed by atoms with Crippen molar-refractivity contribution in [2.75, 3.05) is 12.4 Å². The van der Waals surface area contributed by atoms with Crippen LogP contribution in [0.4, 0.5) is 5.82 Å². The first-order chi connectivity index (χ1) is 10.2. The molecule has 0 aromatic carbocycles. The first-order valence-electron chi connectivity index (χ1n) is 7.04. The second-order valence-corrected chi connectivity index (χ2v) is 6.69. The molecule has 2 aromatic heterocycles. The van der Waals surface area contributed by atoms with E-state index in [1.54, 1.807) is 0 Å². The number of carbonyl (C=O) groups excluding carboxylic acids is 1. The number of nitrogens with one attached hydrogen (secondary N) is 1. The molecule has 1 N–H and O–H groups in total. The maximum Gasteiger partial charge on any atom is 0.307 e. The molecule has 2 rings (SSSR count).